The lowest BCUT2D eigenvalue weighted by Crippen LogP contribution is -2.28. The summed E-state index contributed by atoms with van der Waals surface area (Å²) in [6.07, 6.45) is 0. The summed E-state index contributed by atoms with van der Waals surface area (Å²) < 4.78 is 0.873. The molecule has 2 amide bonds. The predicted molar refractivity (Wildman–Crippen MR) is 86.6 cm³/mol. The van der Waals surface area contributed by atoms with Crippen molar-refractivity contribution < 1.29 is 4.79 Å². The maximum absolute atomic E-state index is 11.9. The highest BCUT2D eigenvalue weighted by molar-refractivity contribution is 7.22. The molecule has 0 unspecified atom stereocenters. The molecule has 22 heavy (non-hydrogen) atoms. The first kappa shape index (κ1) is 14.0. The predicted octanol–water partition coefficient (Wildman–Crippen LogP) is 3.49. The van der Waals surface area contributed by atoms with Gasteiger partial charge in [0.05, 0.1) is 21.8 Å². The van der Waals surface area contributed by atoms with Crippen molar-refractivity contribution >= 4 is 32.7 Å². The molecule has 5 nitrogen and oxygen atoms in total. The summed E-state index contributed by atoms with van der Waals surface area (Å²) in [4.78, 5) is 16.2. The van der Waals surface area contributed by atoms with Crippen molar-refractivity contribution in [2.24, 2.45) is 0 Å². The van der Waals surface area contributed by atoms with Gasteiger partial charge in [-0.1, -0.05) is 41.7 Å². The Morgan fingerprint density at radius 2 is 2.05 bits per heavy atom. The van der Waals surface area contributed by atoms with Gasteiger partial charge in [-0.2, -0.15) is 5.26 Å². The van der Waals surface area contributed by atoms with E-state index in [0.29, 0.717) is 17.2 Å². The number of anilines is 1. The molecule has 2 aromatic carbocycles. The maximum Gasteiger partial charge on any atom is 0.321 e. The van der Waals surface area contributed by atoms with Crippen molar-refractivity contribution in [3.05, 3.63) is 59.7 Å². The minimum absolute atomic E-state index is 0.302. The van der Waals surface area contributed by atoms with Crippen molar-refractivity contribution in [1.29, 1.82) is 5.26 Å². The fourth-order valence-electron chi connectivity index (χ4n) is 1.97. The zero-order valence-electron chi connectivity index (χ0n) is 11.5. The first-order chi connectivity index (χ1) is 10.7. The zero-order chi connectivity index (χ0) is 15.4. The highest BCUT2D eigenvalue weighted by Crippen LogP contribution is 2.26. The topological polar surface area (TPSA) is 77.8 Å². The summed E-state index contributed by atoms with van der Waals surface area (Å²) in [6, 6.07) is 16.7. The number of hydrogen-bond donors (Lipinski definition) is 2. The lowest BCUT2D eigenvalue weighted by molar-refractivity contribution is 0.251. The summed E-state index contributed by atoms with van der Waals surface area (Å²) in [5.41, 5.74) is 2.37. The molecule has 2 N–H and O–H groups in total. The van der Waals surface area contributed by atoms with Crippen molar-refractivity contribution in [2.45, 2.75) is 6.54 Å². The number of nitrogens with one attached hydrogen (secondary N) is 2. The molecule has 0 aliphatic carbocycles. The van der Waals surface area contributed by atoms with E-state index in [-0.39, 0.29) is 6.03 Å². The minimum Gasteiger partial charge on any atom is -0.334 e. The summed E-state index contributed by atoms with van der Waals surface area (Å²) in [5.74, 6) is 0. The Hall–Kier alpha value is -2.91. The van der Waals surface area contributed by atoms with Gasteiger partial charge in [-0.05, 0) is 23.8 Å². The number of nitriles is 1. The summed E-state index contributed by atoms with van der Waals surface area (Å²) in [6.45, 7) is 0.455. The van der Waals surface area contributed by atoms with E-state index in [1.807, 2.05) is 30.3 Å². The second-order valence-corrected chi connectivity index (χ2v) is 5.64. The first-order valence-electron chi connectivity index (χ1n) is 6.64. The molecule has 1 aromatic heterocycles. The van der Waals surface area contributed by atoms with Gasteiger partial charge in [0, 0.05) is 6.54 Å². The summed E-state index contributed by atoms with van der Waals surface area (Å²) in [5, 5.41) is 14.9. The number of carbonyl (C=O) groups is 1. The fourth-order valence-corrected chi connectivity index (χ4v) is 2.87. The number of rotatable bonds is 3. The van der Waals surface area contributed by atoms with Gasteiger partial charge in [0.2, 0.25) is 0 Å². The Morgan fingerprint density at radius 1 is 1.23 bits per heavy atom. The number of amides is 2. The van der Waals surface area contributed by atoms with Crippen molar-refractivity contribution in [1.82, 2.24) is 10.3 Å². The maximum atomic E-state index is 11.9. The monoisotopic (exact) mass is 308 g/mol. The Kier molecular flexibility index (Phi) is 3.99. The van der Waals surface area contributed by atoms with Gasteiger partial charge in [-0.3, -0.25) is 5.32 Å². The highest BCUT2D eigenvalue weighted by Gasteiger charge is 2.08. The average Bonchev–Trinajstić information content (AvgIpc) is 2.95. The van der Waals surface area contributed by atoms with Crippen LogP contribution in [0.15, 0.2) is 48.5 Å². The van der Waals surface area contributed by atoms with E-state index < -0.39 is 0 Å². The quantitative estimate of drug-likeness (QED) is 0.777. The van der Waals surface area contributed by atoms with E-state index >= 15 is 0 Å². The molecular weight excluding hydrogens is 296 g/mol. The van der Waals surface area contributed by atoms with Crippen LogP contribution >= 0.6 is 11.3 Å². The van der Waals surface area contributed by atoms with E-state index in [1.54, 1.807) is 18.2 Å². The summed E-state index contributed by atoms with van der Waals surface area (Å²) >= 11 is 1.34. The molecule has 0 aliphatic rings. The number of urea groups is 1. The van der Waals surface area contributed by atoms with Crippen LogP contribution in [0.5, 0.6) is 0 Å². The second-order valence-electron chi connectivity index (χ2n) is 4.61. The number of fused-ring (bicyclic) bond motifs is 1. The fraction of sp³-hybridized carbons (Fsp3) is 0.0625. The number of nitrogens with zero attached hydrogens (tertiary/aromatic N) is 2. The molecule has 0 atom stereocenters. The van der Waals surface area contributed by atoms with Crippen molar-refractivity contribution in [3.8, 4) is 6.07 Å². The average molecular weight is 308 g/mol. The smallest absolute Gasteiger partial charge is 0.321 e. The third kappa shape index (κ3) is 3.22. The third-order valence-electron chi connectivity index (χ3n) is 3.03. The van der Waals surface area contributed by atoms with E-state index in [1.165, 1.54) is 11.3 Å². The van der Waals surface area contributed by atoms with Crippen LogP contribution in [-0.4, -0.2) is 11.0 Å². The minimum atomic E-state index is -0.302. The van der Waals surface area contributed by atoms with Gasteiger partial charge >= 0.3 is 6.03 Å². The molecule has 108 valence electrons. The standard InChI is InChI=1S/C16H12N4OS/c17-9-12-6-7-13-14(8-12)22-16(19-13)20-15(21)18-10-11-4-2-1-3-5-11/h1-8H,10H2,(H2,18,19,20,21). The van der Waals surface area contributed by atoms with E-state index in [9.17, 15) is 4.79 Å². The van der Waals surface area contributed by atoms with Crippen LogP contribution in [0.4, 0.5) is 9.93 Å². The van der Waals surface area contributed by atoms with Gasteiger partial charge in [0.15, 0.2) is 5.13 Å². The molecule has 0 spiro atoms. The van der Waals surface area contributed by atoms with Gasteiger partial charge in [0.1, 0.15) is 0 Å². The highest BCUT2D eigenvalue weighted by atomic mass is 32.1. The van der Waals surface area contributed by atoms with Crippen LogP contribution in [0.2, 0.25) is 0 Å². The Labute approximate surface area is 131 Å². The van der Waals surface area contributed by atoms with Crippen LogP contribution in [0.25, 0.3) is 10.2 Å². The van der Waals surface area contributed by atoms with Crippen LogP contribution in [0.3, 0.4) is 0 Å². The molecule has 0 saturated heterocycles. The van der Waals surface area contributed by atoms with Gasteiger partial charge in [0.25, 0.3) is 0 Å². The molecule has 0 radical (unpaired) electrons. The van der Waals surface area contributed by atoms with Crippen molar-refractivity contribution in [3.63, 3.8) is 0 Å². The Morgan fingerprint density at radius 3 is 2.82 bits per heavy atom. The molecule has 0 saturated carbocycles. The molecule has 0 bridgehead atoms. The van der Waals surface area contributed by atoms with Crippen molar-refractivity contribution in [2.75, 3.05) is 5.32 Å². The lowest BCUT2D eigenvalue weighted by Gasteiger charge is -2.04. The van der Waals surface area contributed by atoms with E-state index in [4.69, 9.17) is 5.26 Å². The van der Waals surface area contributed by atoms with Crippen LogP contribution in [0.1, 0.15) is 11.1 Å². The van der Waals surface area contributed by atoms with E-state index in [2.05, 4.69) is 21.7 Å². The molecule has 0 fully saturated rings. The van der Waals surface area contributed by atoms with Gasteiger partial charge < -0.3 is 5.32 Å². The normalized spacial score (nSPS) is 10.1. The van der Waals surface area contributed by atoms with Gasteiger partial charge in [-0.15, -0.1) is 0 Å². The third-order valence-corrected chi connectivity index (χ3v) is 3.97. The first-order valence-corrected chi connectivity index (χ1v) is 7.46. The SMILES string of the molecule is N#Cc1ccc2nc(NC(=O)NCc3ccccc3)sc2c1. The van der Waals surface area contributed by atoms with E-state index in [0.717, 1.165) is 15.8 Å². The Bertz CT molecular complexity index is 851. The molecule has 0 aliphatic heterocycles. The largest absolute Gasteiger partial charge is 0.334 e. The number of thiazole rings is 1. The second kappa shape index (κ2) is 6.24. The molecular formula is C16H12N4OS. The number of benzene rings is 2. The molecule has 1 heterocycles. The van der Waals surface area contributed by atoms with Crippen LogP contribution in [0, 0.1) is 11.3 Å². The molecule has 6 heteroatoms. The van der Waals surface area contributed by atoms with Crippen LogP contribution < -0.4 is 10.6 Å². The Balaban J connectivity index is 1.65. The number of hydrogen-bond acceptors (Lipinski definition) is 4. The van der Waals surface area contributed by atoms with Crippen LogP contribution in [-0.2, 0) is 6.54 Å². The number of aromatic nitrogens is 1. The number of carbonyl (C=O) groups excluding carboxylic acids is 1. The van der Waals surface area contributed by atoms with Gasteiger partial charge in [-0.25, -0.2) is 9.78 Å². The molecule has 3 rings (SSSR count). The lowest BCUT2D eigenvalue weighted by atomic mass is 10.2. The zero-order valence-corrected chi connectivity index (χ0v) is 12.4. The molecule has 3 aromatic rings. The summed E-state index contributed by atoms with van der Waals surface area (Å²) in [7, 11) is 0.